The maximum Gasteiger partial charge on any atom is 0.315 e. The third kappa shape index (κ3) is 5.30. The quantitative estimate of drug-likeness (QED) is 0.598. The number of nitrogens with one attached hydrogen (secondary N) is 3. The molecule has 1 rings (SSSR count). The van der Waals surface area contributed by atoms with Gasteiger partial charge in [0, 0.05) is 6.54 Å². The number of aromatic nitrogens is 2. The summed E-state index contributed by atoms with van der Waals surface area (Å²) < 4.78 is 5.26. The Bertz CT molecular complexity index is 339. The highest BCUT2D eigenvalue weighted by Crippen LogP contribution is 2.03. The van der Waals surface area contributed by atoms with Gasteiger partial charge in [0.15, 0.2) is 0 Å². The summed E-state index contributed by atoms with van der Waals surface area (Å²) in [5.74, 6) is 0.418. The number of carbonyl (C=O) groups excluding carboxylic acids is 1. The highest BCUT2D eigenvalue weighted by molar-refractivity contribution is 5.79. The van der Waals surface area contributed by atoms with E-state index in [1.807, 2.05) is 13.8 Å². The van der Waals surface area contributed by atoms with Gasteiger partial charge in [-0.15, -0.1) is 5.10 Å². The molecule has 17 heavy (non-hydrogen) atoms. The molecule has 0 aromatic carbocycles. The van der Waals surface area contributed by atoms with Crippen LogP contribution in [0.3, 0.4) is 0 Å². The minimum atomic E-state index is -0.0849. The second-order valence-electron chi connectivity index (χ2n) is 3.48. The molecule has 0 aliphatic rings. The van der Waals surface area contributed by atoms with Gasteiger partial charge in [-0.05, 0) is 13.0 Å². The molecule has 1 aromatic rings. The van der Waals surface area contributed by atoms with Crippen molar-refractivity contribution in [2.75, 3.05) is 25.0 Å². The lowest BCUT2D eigenvalue weighted by molar-refractivity contribution is -0.119. The zero-order valence-corrected chi connectivity index (χ0v) is 10.2. The van der Waals surface area contributed by atoms with Crippen molar-refractivity contribution in [2.24, 2.45) is 0 Å². The maximum atomic E-state index is 11.3. The van der Waals surface area contributed by atoms with Crippen LogP contribution in [-0.4, -0.2) is 35.7 Å². The van der Waals surface area contributed by atoms with E-state index in [2.05, 4.69) is 26.1 Å². The van der Waals surface area contributed by atoms with Crippen LogP contribution in [0.5, 0.6) is 0 Å². The number of nitrogens with zero attached hydrogens (tertiary/aromatic N) is 2. The molecule has 0 fully saturated rings. The van der Waals surface area contributed by atoms with Crippen LogP contribution in [0.15, 0.2) is 4.42 Å². The Hall–Kier alpha value is -1.63. The molecule has 7 heteroatoms. The lowest BCUT2D eigenvalue weighted by Gasteiger charge is -2.02. The maximum absolute atomic E-state index is 11.3. The molecule has 3 N–H and O–H groups in total. The number of hydrogen-bond acceptors (Lipinski definition) is 6. The molecule has 0 atom stereocenters. The van der Waals surface area contributed by atoms with Gasteiger partial charge in [0.1, 0.15) is 0 Å². The van der Waals surface area contributed by atoms with Crippen LogP contribution in [-0.2, 0) is 11.3 Å². The molecular formula is C10H19N5O2. The molecule has 0 radical (unpaired) electrons. The normalized spacial score (nSPS) is 10.2. The van der Waals surface area contributed by atoms with Gasteiger partial charge in [-0.1, -0.05) is 18.9 Å². The predicted molar refractivity (Wildman–Crippen MR) is 63.5 cm³/mol. The van der Waals surface area contributed by atoms with Crippen molar-refractivity contribution in [2.45, 2.75) is 26.8 Å². The van der Waals surface area contributed by atoms with Crippen molar-refractivity contribution in [1.82, 2.24) is 20.8 Å². The molecule has 0 saturated carbocycles. The van der Waals surface area contributed by atoms with Crippen molar-refractivity contribution in [3.05, 3.63) is 5.89 Å². The molecule has 0 aliphatic heterocycles. The summed E-state index contributed by atoms with van der Waals surface area (Å²) in [6.45, 7) is 6.18. The molecule has 0 unspecified atom stereocenters. The number of amides is 1. The summed E-state index contributed by atoms with van der Waals surface area (Å²) in [5, 5.41) is 16.2. The number of hydrogen-bond donors (Lipinski definition) is 3. The van der Waals surface area contributed by atoms with Gasteiger partial charge in [-0.3, -0.25) is 4.79 Å². The summed E-state index contributed by atoms with van der Waals surface area (Å²) in [4.78, 5) is 11.3. The van der Waals surface area contributed by atoms with Crippen LogP contribution in [0.25, 0.3) is 0 Å². The first kappa shape index (κ1) is 13.4. The lowest BCUT2D eigenvalue weighted by Crippen LogP contribution is -2.30. The zero-order valence-electron chi connectivity index (χ0n) is 10.2. The minimum Gasteiger partial charge on any atom is -0.407 e. The molecule has 1 heterocycles. The highest BCUT2D eigenvalue weighted by Gasteiger charge is 2.06. The summed E-state index contributed by atoms with van der Waals surface area (Å²) in [6.07, 6.45) is 0.916. The van der Waals surface area contributed by atoms with Crippen molar-refractivity contribution in [3.63, 3.8) is 0 Å². The average Bonchev–Trinajstić information content (AvgIpc) is 2.79. The summed E-state index contributed by atoms with van der Waals surface area (Å²) in [6, 6.07) is 0.268. The molecule has 0 aliphatic carbocycles. The van der Waals surface area contributed by atoms with E-state index in [1.165, 1.54) is 0 Å². The first-order chi connectivity index (χ1) is 8.26. The van der Waals surface area contributed by atoms with Gasteiger partial charge in [0.05, 0.1) is 13.1 Å². The first-order valence-electron chi connectivity index (χ1n) is 5.80. The van der Waals surface area contributed by atoms with Crippen LogP contribution in [0.1, 0.15) is 26.2 Å². The van der Waals surface area contributed by atoms with Crippen LogP contribution >= 0.6 is 0 Å². The molecule has 0 spiro atoms. The number of anilines is 1. The third-order valence-electron chi connectivity index (χ3n) is 1.97. The van der Waals surface area contributed by atoms with Gasteiger partial charge in [-0.25, -0.2) is 0 Å². The van der Waals surface area contributed by atoms with Gasteiger partial charge >= 0.3 is 6.01 Å². The second-order valence-corrected chi connectivity index (χ2v) is 3.48. The van der Waals surface area contributed by atoms with E-state index in [0.29, 0.717) is 19.0 Å². The number of rotatable bonds is 8. The van der Waals surface area contributed by atoms with Gasteiger partial charge in [0.25, 0.3) is 0 Å². The van der Waals surface area contributed by atoms with Crippen LogP contribution in [0, 0.1) is 0 Å². The van der Waals surface area contributed by atoms with Crippen molar-refractivity contribution in [3.8, 4) is 0 Å². The fourth-order valence-corrected chi connectivity index (χ4v) is 1.11. The summed E-state index contributed by atoms with van der Waals surface area (Å²) in [7, 11) is 0. The number of carbonyl (C=O) groups is 1. The Balaban J connectivity index is 2.26. The standard InChI is InChI=1S/C10H19N5O2/c1-3-5-12-8(16)6-13-10-15-14-9(17-10)7-11-4-2/h11H,3-7H2,1-2H3,(H,12,16)(H,13,15). The van der Waals surface area contributed by atoms with Crippen LogP contribution in [0.4, 0.5) is 6.01 Å². The molecule has 7 nitrogen and oxygen atoms in total. The van der Waals surface area contributed by atoms with Crippen LogP contribution in [0.2, 0.25) is 0 Å². The van der Waals surface area contributed by atoms with Crippen LogP contribution < -0.4 is 16.0 Å². The van der Waals surface area contributed by atoms with E-state index in [0.717, 1.165) is 13.0 Å². The largest absolute Gasteiger partial charge is 0.407 e. The molecule has 0 saturated heterocycles. The Labute approximate surface area is 100 Å². The van der Waals surface area contributed by atoms with E-state index < -0.39 is 0 Å². The minimum absolute atomic E-state index is 0.0849. The van der Waals surface area contributed by atoms with Gasteiger partial charge in [0.2, 0.25) is 11.8 Å². The summed E-state index contributed by atoms with van der Waals surface area (Å²) >= 11 is 0. The highest BCUT2D eigenvalue weighted by atomic mass is 16.4. The zero-order chi connectivity index (χ0) is 12.5. The Morgan fingerprint density at radius 2 is 2.18 bits per heavy atom. The molecule has 1 aromatic heterocycles. The third-order valence-corrected chi connectivity index (χ3v) is 1.97. The lowest BCUT2D eigenvalue weighted by atomic mass is 10.4. The molecule has 0 bridgehead atoms. The van der Waals surface area contributed by atoms with E-state index in [1.54, 1.807) is 0 Å². The molecular weight excluding hydrogens is 222 g/mol. The topological polar surface area (TPSA) is 92.1 Å². The Morgan fingerprint density at radius 3 is 2.88 bits per heavy atom. The Kier molecular flexibility index (Phi) is 6.02. The average molecular weight is 241 g/mol. The monoisotopic (exact) mass is 241 g/mol. The van der Waals surface area contributed by atoms with Crippen molar-refractivity contribution >= 4 is 11.9 Å². The molecule has 1 amide bonds. The second kappa shape index (κ2) is 7.61. The van der Waals surface area contributed by atoms with E-state index in [9.17, 15) is 4.79 Å². The summed E-state index contributed by atoms with van der Waals surface area (Å²) in [5.41, 5.74) is 0. The van der Waals surface area contributed by atoms with E-state index >= 15 is 0 Å². The van der Waals surface area contributed by atoms with Crippen molar-refractivity contribution in [1.29, 1.82) is 0 Å². The predicted octanol–water partition coefficient (Wildman–Crippen LogP) is 0.117. The van der Waals surface area contributed by atoms with Gasteiger partial charge in [-0.2, -0.15) is 0 Å². The molecule has 96 valence electrons. The van der Waals surface area contributed by atoms with Gasteiger partial charge < -0.3 is 20.4 Å². The SMILES string of the molecule is CCCNC(=O)CNc1nnc(CNCC)o1. The Morgan fingerprint density at radius 1 is 1.35 bits per heavy atom. The van der Waals surface area contributed by atoms with Crippen molar-refractivity contribution < 1.29 is 9.21 Å². The fourth-order valence-electron chi connectivity index (χ4n) is 1.11. The fraction of sp³-hybridized carbons (Fsp3) is 0.700. The van der Waals surface area contributed by atoms with E-state index in [4.69, 9.17) is 4.42 Å². The first-order valence-corrected chi connectivity index (χ1v) is 5.80. The van der Waals surface area contributed by atoms with E-state index in [-0.39, 0.29) is 18.5 Å². The smallest absolute Gasteiger partial charge is 0.315 e.